The minimum Gasteiger partial charge on any atom is -0.494 e. The van der Waals surface area contributed by atoms with Crippen molar-refractivity contribution in [2.24, 2.45) is 5.92 Å². The topological polar surface area (TPSA) is 60.5 Å². The molecule has 0 saturated heterocycles. The quantitative estimate of drug-likeness (QED) is 0.506. The normalized spacial score (nSPS) is 12.8. The van der Waals surface area contributed by atoms with Gasteiger partial charge in [0.15, 0.2) is 0 Å². The fourth-order valence-electron chi connectivity index (χ4n) is 3.73. The minimum absolute atomic E-state index is 0.0216. The highest BCUT2D eigenvalue weighted by Gasteiger charge is 2.17. The predicted molar refractivity (Wildman–Crippen MR) is 122 cm³/mol. The molecule has 2 atom stereocenters. The Morgan fingerprint density at radius 1 is 1.07 bits per heavy atom. The number of carbonyl (C=O) groups excluding carboxylic acids is 1. The third-order valence-electron chi connectivity index (χ3n) is 5.32. The monoisotopic (exact) mass is 412 g/mol. The van der Waals surface area contributed by atoms with Crippen LogP contribution in [0.2, 0.25) is 0 Å². The average Bonchev–Trinajstić information content (AvgIpc) is 2.73. The molecular formula is C25H36N2O3. The molecule has 0 aliphatic rings. The molecule has 30 heavy (non-hydrogen) atoms. The van der Waals surface area contributed by atoms with Crippen molar-refractivity contribution >= 4 is 5.91 Å². The van der Waals surface area contributed by atoms with Crippen molar-refractivity contribution in [1.29, 1.82) is 0 Å². The van der Waals surface area contributed by atoms with Gasteiger partial charge in [0, 0.05) is 35.1 Å². The van der Waals surface area contributed by atoms with Crippen LogP contribution in [0.15, 0.2) is 36.5 Å². The van der Waals surface area contributed by atoms with E-state index in [4.69, 9.17) is 9.47 Å². The van der Waals surface area contributed by atoms with Crippen molar-refractivity contribution in [2.75, 3.05) is 13.2 Å². The van der Waals surface area contributed by atoms with Crippen LogP contribution in [-0.4, -0.2) is 30.1 Å². The van der Waals surface area contributed by atoms with Crippen LogP contribution in [0.5, 0.6) is 11.5 Å². The zero-order valence-electron chi connectivity index (χ0n) is 19.0. The van der Waals surface area contributed by atoms with Gasteiger partial charge in [-0.25, -0.2) is 0 Å². The summed E-state index contributed by atoms with van der Waals surface area (Å²) in [6.45, 7) is 11.6. The maximum Gasteiger partial charge on any atom is 0.226 e. The Kier molecular flexibility index (Phi) is 9.65. The Balaban J connectivity index is 2.07. The van der Waals surface area contributed by atoms with Gasteiger partial charge in [0.2, 0.25) is 5.91 Å². The number of pyridine rings is 1. The molecule has 0 radical (unpaired) electrons. The van der Waals surface area contributed by atoms with Crippen molar-refractivity contribution in [3.05, 3.63) is 42.2 Å². The predicted octanol–water partition coefficient (Wildman–Crippen LogP) is 5.42. The van der Waals surface area contributed by atoms with Crippen LogP contribution in [0.4, 0.5) is 0 Å². The van der Waals surface area contributed by atoms with Crippen LogP contribution in [-0.2, 0) is 11.2 Å². The highest BCUT2D eigenvalue weighted by atomic mass is 16.5. The number of aromatic nitrogens is 1. The van der Waals surface area contributed by atoms with Crippen LogP contribution >= 0.6 is 0 Å². The highest BCUT2D eigenvalue weighted by Crippen LogP contribution is 2.33. The third kappa shape index (κ3) is 6.75. The first-order valence-corrected chi connectivity index (χ1v) is 11.2. The van der Waals surface area contributed by atoms with Crippen molar-refractivity contribution in [1.82, 2.24) is 10.3 Å². The first-order chi connectivity index (χ1) is 14.5. The Morgan fingerprint density at radius 2 is 1.83 bits per heavy atom. The van der Waals surface area contributed by atoms with E-state index >= 15 is 0 Å². The second kappa shape index (κ2) is 12.2. The number of carbonyl (C=O) groups is 1. The lowest BCUT2D eigenvalue weighted by Crippen LogP contribution is -2.38. The zero-order valence-corrected chi connectivity index (χ0v) is 19.0. The summed E-state index contributed by atoms with van der Waals surface area (Å²) in [6, 6.07) is 9.91. The summed E-state index contributed by atoms with van der Waals surface area (Å²) in [5.74, 6) is 2.10. The van der Waals surface area contributed by atoms with E-state index in [1.54, 1.807) is 6.20 Å². The van der Waals surface area contributed by atoms with Gasteiger partial charge in [-0.15, -0.1) is 0 Å². The number of rotatable bonds is 12. The lowest BCUT2D eigenvalue weighted by Gasteiger charge is -2.23. The number of amides is 1. The van der Waals surface area contributed by atoms with Gasteiger partial charge in [0.05, 0.1) is 19.6 Å². The summed E-state index contributed by atoms with van der Waals surface area (Å²) in [5.41, 5.74) is 2.67. The lowest BCUT2D eigenvalue weighted by atomic mass is 9.93. The molecule has 5 heteroatoms. The smallest absolute Gasteiger partial charge is 0.226 e. The van der Waals surface area contributed by atoms with Crippen molar-refractivity contribution < 1.29 is 14.3 Å². The molecule has 1 aromatic heterocycles. The molecule has 1 N–H and O–H groups in total. The standard InChI is InChI=1S/C25H36N2O3/c1-6-10-19(7-2)18(5)27-25(28)15-21-12-11-20(17-26-21)23-14-13-22(29-8-3)16-24(23)30-9-4/h11-14,16-19H,6-10,15H2,1-5H3,(H,27,28)/t18-,19?/m1/s1. The van der Waals surface area contributed by atoms with E-state index < -0.39 is 0 Å². The Bertz CT molecular complexity index is 789. The maximum atomic E-state index is 12.5. The molecule has 5 nitrogen and oxygen atoms in total. The fraction of sp³-hybridized carbons (Fsp3) is 0.520. The van der Waals surface area contributed by atoms with Gasteiger partial charge in [0.25, 0.3) is 0 Å². The molecule has 2 rings (SSSR count). The van der Waals surface area contributed by atoms with Crippen LogP contribution < -0.4 is 14.8 Å². The number of benzene rings is 1. The summed E-state index contributed by atoms with van der Waals surface area (Å²) in [4.78, 5) is 17.0. The first-order valence-electron chi connectivity index (χ1n) is 11.2. The highest BCUT2D eigenvalue weighted by molar-refractivity contribution is 5.78. The summed E-state index contributed by atoms with van der Waals surface area (Å²) in [5, 5.41) is 3.14. The summed E-state index contributed by atoms with van der Waals surface area (Å²) < 4.78 is 11.4. The SMILES string of the molecule is CCCC(CC)[C@@H](C)NC(=O)Cc1ccc(-c2ccc(OCC)cc2OCC)cn1. The second-order valence-electron chi connectivity index (χ2n) is 7.55. The zero-order chi connectivity index (χ0) is 21.9. The van der Waals surface area contributed by atoms with Crippen LogP contribution in [0, 0.1) is 5.92 Å². The molecule has 0 fully saturated rings. The van der Waals surface area contributed by atoms with Crippen molar-refractivity contribution in [2.45, 2.75) is 66.3 Å². The molecule has 1 aromatic carbocycles. The summed E-state index contributed by atoms with van der Waals surface area (Å²) in [6.07, 6.45) is 5.43. The van der Waals surface area contributed by atoms with E-state index in [1.807, 2.05) is 44.2 Å². The van der Waals surface area contributed by atoms with E-state index in [9.17, 15) is 4.79 Å². The number of nitrogens with one attached hydrogen (secondary N) is 1. The van der Waals surface area contributed by atoms with E-state index in [0.29, 0.717) is 19.1 Å². The number of hydrogen-bond acceptors (Lipinski definition) is 4. The lowest BCUT2D eigenvalue weighted by molar-refractivity contribution is -0.121. The minimum atomic E-state index is 0.0216. The van der Waals surface area contributed by atoms with Gasteiger partial charge in [-0.05, 0) is 51.3 Å². The number of hydrogen-bond donors (Lipinski definition) is 1. The molecule has 0 aliphatic carbocycles. The van der Waals surface area contributed by atoms with E-state index in [2.05, 4.69) is 31.1 Å². The van der Waals surface area contributed by atoms with Gasteiger partial charge in [0.1, 0.15) is 11.5 Å². The molecule has 0 bridgehead atoms. The van der Waals surface area contributed by atoms with Crippen molar-refractivity contribution in [3.63, 3.8) is 0 Å². The van der Waals surface area contributed by atoms with Gasteiger partial charge in [-0.1, -0.05) is 32.8 Å². The molecule has 1 amide bonds. The Morgan fingerprint density at radius 3 is 2.43 bits per heavy atom. The number of ether oxygens (including phenoxy) is 2. The largest absolute Gasteiger partial charge is 0.494 e. The van der Waals surface area contributed by atoms with Crippen LogP contribution in [0.1, 0.15) is 59.6 Å². The van der Waals surface area contributed by atoms with Gasteiger partial charge in [-0.2, -0.15) is 0 Å². The molecule has 164 valence electrons. The van der Waals surface area contributed by atoms with E-state index in [-0.39, 0.29) is 18.4 Å². The molecular weight excluding hydrogens is 376 g/mol. The fourth-order valence-corrected chi connectivity index (χ4v) is 3.73. The molecule has 0 saturated carbocycles. The molecule has 0 spiro atoms. The van der Waals surface area contributed by atoms with Gasteiger partial charge in [-0.3, -0.25) is 9.78 Å². The van der Waals surface area contributed by atoms with Gasteiger partial charge < -0.3 is 14.8 Å². The molecule has 1 unspecified atom stereocenters. The average molecular weight is 413 g/mol. The van der Waals surface area contributed by atoms with Gasteiger partial charge >= 0.3 is 0 Å². The molecule has 1 heterocycles. The second-order valence-corrected chi connectivity index (χ2v) is 7.55. The Hall–Kier alpha value is -2.56. The molecule has 2 aromatic rings. The van der Waals surface area contributed by atoms with Crippen LogP contribution in [0.3, 0.4) is 0 Å². The summed E-state index contributed by atoms with van der Waals surface area (Å²) >= 11 is 0. The molecule has 0 aliphatic heterocycles. The summed E-state index contributed by atoms with van der Waals surface area (Å²) in [7, 11) is 0. The van der Waals surface area contributed by atoms with E-state index in [0.717, 1.165) is 47.6 Å². The maximum absolute atomic E-state index is 12.5. The Labute approximate surface area is 181 Å². The van der Waals surface area contributed by atoms with Crippen molar-refractivity contribution in [3.8, 4) is 22.6 Å². The number of nitrogens with zero attached hydrogens (tertiary/aromatic N) is 1. The van der Waals surface area contributed by atoms with E-state index in [1.165, 1.54) is 0 Å². The third-order valence-corrected chi connectivity index (χ3v) is 5.32. The van der Waals surface area contributed by atoms with Crippen LogP contribution in [0.25, 0.3) is 11.1 Å². The first kappa shape index (κ1) is 23.7.